The topological polar surface area (TPSA) is 30.7 Å². The monoisotopic (exact) mass is 653 g/mol. The maximum Gasteiger partial charge on any atom is 0.235 e. The Hall–Kier alpha value is -6.36. The summed E-state index contributed by atoms with van der Waals surface area (Å²) >= 11 is 1.77. The van der Waals surface area contributed by atoms with Crippen LogP contribution in [0.25, 0.3) is 103 Å². The zero-order chi connectivity index (χ0) is 32.8. The summed E-state index contributed by atoms with van der Waals surface area (Å²) in [4.78, 5) is 10.9. The molecule has 50 heavy (non-hydrogen) atoms. The summed E-state index contributed by atoms with van der Waals surface area (Å²) < 4.78 is 4.59. The van der Waals surface area contributed by atoms with Crippen LogP contribution in [0.4, 0.5) is 0 Å². The van der Waals surface area contributed by atoms with Crippen LogP contribution >= 0.6 is 11.3 Å². The highest BCUT2D eigenvalue weighted by Crippen LogP contribution is 2.44. The minimum Gasteiger partial charge on any atom is -0.278 e. The van der Waals surface area contributed by atoms with Gasteiger partial charge in [-0.1, -0.05) is 140 Å². The molecule has 0 aliphatic rings. The molecular weight excluding hydrogens is 627 g/mol. The Morgan fingerprint density at radius 1 is 0.400 bits per heavy atom. The zero-order valence-electron chi connectivity index (χ0n) is 26.8. The third-order valence-corrected chi connectivity index (χ3v) is 11.4. The van der Waals surface area contributed by atoms with E-state index in [0.717, 1.165) is 37.9 Å². The van der Waals surface area contributed by atoms with Crippen molar-refractivity contribution in [1.82, 2.24) is 14.5 Å². The van der Waals surface area contributed by atoms with Gasteiger partial charge in [-0.3, -0.25) is 4.57 Å². The van der Waals surface area contributed by atoms with E-state index < -0.39 is 0 Å². The normalized spacial score (nSPS) is 12.0. The number of aromatic nitrogens is 3. The lowest BCUT2D eigenvalue weighted by atomic mass is 9.92. The van der Waals surface area contributed by atoms with Gasteiger partial charge in [0.05, 0.1) is 26.9 Å². The predicted octanol–water partition coefficient (Wildman–Crippen LogP) is 12.7. The Kier molecular flexibility index (Phi) is 5.83. The predicted molar refractivity (Wildman–Crippen MR) is 213 cm³/mol. The van der Waals surface area contributed by atoms with Crippen LogP contribution in [-0.2, 0) is 0 Å². The number of nitrogens with zero attached hydrogens (tertiary/aromatic N) is 3. The minimum absolute atomic E-state index is 0.678. The van der Waals surface area contributed by atoms with E-state index in [1.807, 2.05) is 0 Å². The Bertz CT molecular complexity index is 3120. The molecule has 0 bridgehead atoms. The fraction of sp³-hybridized carbons (Fsp3) is 0. The molecule has 4 heteroatoms. The van der Waals surface area contributed by atoms with Gasteiger partial charge in [0, 0.05) is 31.8 Å². The summed E-state index contributed by atoms with van der Waals surface area (Å²) in [5.74, 6) is 0.678. The maximum absolute atomic E-state index is 5.50. The van der Waals surface area contributed by atoms with Crippen molar-refractivity contribution < 1.29 is 0 Å². The maximum atomic E-state index is 5.50. The summed E-state index contributed by atoms with van der Waals surface area (Å²) in [7, 11) is 0. The molecule has 0 saturated heterocycles. The number of para-hydroxylation sites is 1. The fourth-order valence-corrected chi connectivity index (χ4v) is 9.17. The number of hydrogen-bond donors (Lipinski definition) is 0. The summed E-state index contributed by atoms with van der Waals surface area (Å²) in [5, 5.41) is 11.2. The zero-order valence-corrected chi connectivity index (χ0v) is 27.7. The molecule has 0 saturated carbocycles. The number of rotatable bonds is 3. The molecule has 0 atom stereocenters. The first-order valence-corrected chi connectivity index (χ1v) is 17.7. The first-order chi connectivity index (χ1) is 24.8. The van der Waals surface area contributed by atoms with Gasteiger partial charge in [0.1, 0.15) is 0 Å². The number of hydrogen-bond acceptors (Lipinski definition) is 3. The molecule has 3 aromatic heterocycles. The van der Waals surface area contributed by atoms with E-state index >= 15 is 0 Å². The molecule has 0 spiro atoms. The van der Waals surface area contributed by atoms with Crippen LogP contribution in [0.3, 0.4) is 0 Å². The van der Waals surface area contributed by atoms with Gasteiger partial charge in [-0.15, -0.1) is 11.3 Å². The van der Waals surface area contributed by atoms with Crippen LogP contribution in [0.2, 0.25) is 0 Å². The second-order valence-electron chi connectivity index (χ2n) is 12.9. The molecule has 0 amide bonds. The van der Waals surface area contributed by atoms with Gasteiger partial charge in [0.15, 0.2) is 0 Å². The molecule has 0 aliphatic heterocycles. The van der Waals surface area contributed by atoms with Crippen molar-refractivity contribution in [3.8, 4) is 28.3 Å². The Morgan fingerprint density at radius 3 is 1.80 bits per heavy atom. The largest absolute Gasteiger partial charge is 0.278 e. The van der Waals surface area contributed by atoms with Gasteiger partial charge in [0.2, 0.25) is 5.95 Å². The van der Waals surface area contributed by atoms with Crippen LogP contribution in [0, 0.1) is 0 Å². The number of thiophene rings is 1. The summed E-state index contributed by atoms with van der Waals surface area (Å²) in [5.41, 5.74) is 7.56. The molecular formula is C46H27N3S. The van der Waals surface area contributed by atoms with Crippen LogP contribution in [0.1, 0.15) is 0 Å². The van der Waals surface area contributed by atoms with E-state index in [4.69, 9.17) is 9.97 Å². The van der Waals surface area contributed by atoms with Crippen molar-refractivity contribution in [1.29, 1.82) is 0 Å². The first-order valence-electron chi connectivity index (χ1n) is 16.9. The van der Waals surface area contributed by atoms with Gasteiger partial charge >= 0.3 is 0 Å². The average molecular weight is 654 g/mol. The van der Waals surface area contributed by atoms with Gasteiger partial charge < -0.3 is 0 Å². The van der Waals surface area contributed by atoms with E-state index in [1.165, 1.54) is 58.9 Å². The van der Waals surface area contributed by atoms with Crippen molar-refractivity contribution in [2.45, 2.75) is 0 Å². The highest BCUT2D eigenvalue weighted by atomic mass is 32.1. The third-order valence-electron chi connectivity index (χ3n) is 10.2. The van der Waals surface area contributed by atoms with Gasteiger partial charge in [-0.25, -0.2) is 9.97 Å². The molecule has 3 nitrogen and oxygen atoms in total. The lowest BCUT2D eigenvalue weighted by molar-refractivity contribution is 1.02. The van der Waals surface area contributed by atoms with Crippen LogP contribution in [0.5, 0.6) is 0 Å². The molecule has 0 N–H and O–H groups in total. The standard InChI is InChI=1S/C46H27N3S/c1-2-13-28(14-3-1)29-15-12-16-30(27-29)43-45-44(37-22-9-11-24-40(37)50-45)48-46(47-43)49-38-23-10-8-21-36(38)42-39(49)26-25-35-33-19-5-4-17-31(33)32-18-6-7-20-34(32)41(35)42/h1-27H. The van der Waals surface area contributed by atoms with E-state index in [9.17, 15) is 0 Å². The highest BCUT2D eigenvalue weighted by Gasteiger charge is 2.22. The van der Waals surface area contributed by atoms with Crippen molar-refractivity contribution in [3.63, 3.8) is 0 Å². The Balaban J connectivity index is 1.28. The third kappa shape index (κ3) is 3.91. The Morgan fingerprint density at radius 2 is 1.00 bits per heavy atom. The summed E-state index contributed by atoms with van der Waals surface area (Å²) in [6.45, 7) is 0. The van der Waals surface area contributed by atoms with E-state index in [2.05, 4.69) is 168 Å². The van der Waals surface area contributed by atoms with Crippen LogP contribution < -0.4 is 0 Å². The lowest BCUT2D eigenvalue weighted by Crippen LogP contribution is -2.02. The molecule has 0 radical (unpaired) electrons. The smallest absolute Gasteiger partial charge is 0.235 e. The van der Waals surface area contributed by atoms with Gasteiger partial charge in [0.25, 0.3) is 0 Å². The SMILES string of the molecule is c1ccc(-c2cccc(-c3nc(-n4c5ccccc5c5c6c7ccccc7c7ccccc7c6ccc54)nc4c3sc3ccccc34)c2)cc1. The average Bonchev–Trinajstić information content (AvgIpc) is 3.74. The van der Waals surface area contributed by atoms with Crippen LogP contribution in [0.15, 0.2) is 164 Å². The first kappa shape index (κ1) is 27.6. The second kappa shape index (κ2) is 10.6. The van der Waals surface area contributed by atoms with Crippen LogP contribution in [-0.4, -0.2) is 14.5 Å². The molecule has 11 aromatic rings. The van der Waals surface area contributed by atoms with Gasteiger partial charge in [-0.2, -0.15) is 0 Å². The molecule has 232 valence electrons. The Labute approximate surface area is 291 Å². The highest BCUT2D eigenvalue weighted by molar-refractivity contribution is 7.26. The van der Waals surface area contributed by atoms with Crippen molar-refractivity contribution in [3.05, 3.63) is 164 Å². The number of fused-ring (bicyclic) bond motifs is 13. The molecule has 8 aromatic carbocycles. The molecule has 11 rings (SSSR count). The summed E-state index contributed by atoms with van der Waals surface area (Å²) in [6.07, 6.45) is 0. The summed E-state index contributed by atoms with van der Waals surface area (Å²) in [6, 6.07) is 58.8. The molecule has 0 unspecified atom stereocenters. The van der Waals surface area contributed by atoms with E-state index in [-0.39, 0.29) is 0 Å². The number of benzene rings is 8. The molecule has 3 heterocycles. The quantitative estimate of drug-likeness (QED) is 0.178. The van der Waals surface area contributed by atoms with Crippen molar-refractivity contribution in [2.24, 2.45) is 0 Å². The van der Waals surface area contributed by atoms with Crippen molar-refractivity contribution >= 4 is 85.8 Å². The second-order valence-corrected chi connectivity index (χ2v) is 14.0. The minimum atomic E-state index is 0.678. The van der Waals surface area contributed by atoms with Gasteiger partial charge in [-0.05, 0) is 62.3 Å². The van der Waals surface area contributed by atoms with E-state index in [0.29, 0.717) is 5.95 Å². The van der Waals surface area contributed by atoms with Crippen molar-refractivity contribution in [2.75, 3.05) is 0 Å². The van der Waals surface area contributed by atoms with E-state index in [1.54, 1.807) is 11.3 Å². The molecule has 0 fully saturated rings. The lowest BCUT2D eigenvalue weighted by Gasteiger charge is -2.13. The molecule has 0 aliphatic carbocycles. The fourth-order valence-electron chi connectivity index (χ4n) is 8.02.